The summed E-state index contributed by atoms with van der Waals surface area (Å²) in [6, 6.07) is 12.3. The highest BCUT2D eigenvalue weighted by Crippen LogP contribution is 2.43. The summed E-state index contributed by atoms with van der Waals surface area (Å²) >= 11 is 1.23. The molecule has 1 amide bonds. The Labute approximate surface area is 189 Å². The van der Waals surface area contributed by atoms with Crippen molar-refractivity contribution in [3.8, 4) is 0 Å². The lowest BCUT2D eigenvalue weighted by Gasteiger charge is -2.29. The second-order valence-electron chi connectivity index (χ2n) is 7.79. The first-order chi connectivity index (χ1) is 15.2. The Kier molecular flexibility index (Phi) is 5.44. The Bertz CT molecular complexity index is 1290. The van der Waals surface area contributed by atoms with Gasteiger partial charge in [0.05, 0.1) is 22.1 Å². The van der Waals surface area contributed by atoms with Crippen LogP contribution in [0.3, 0.4) is 0 Å². The number of ketones is 1. The minimum atomic E-state index is -1.13. The predicted octanol–water partition coefficient (Wildman–Crippen LogP) is 5.15. The van der Waals surface area contributed by atoms with Crippen molar-refractivity contribution in [2.45, 2.75) is 26.8 Å². The summed E-state index contributed by atoms with van der Waals surface area (Å²) in [5.74, 6) is -2.92. The molecule has 1 aromatic heterocycles. The van der Waals surface area contributed by atoms with Crippen molar-refractivity contribution in [3.05, 3.63) is 97.9 Å². The molecule has 1 unspecified atom stereocenters. The van der Waals surface area contributed by atoms with E-state index in [1.807, 2.05) is 32.9 Å². The first-order valence-corrected chi connectivity index (χ1v) is 10.8. The number of carbonyl (C=O) groups excluding carboxylic acids is 2. The van der Waals surface area contributed by atoms with Crippen LogP contribution in [-0.4, -0.2) is 27.9 Å². The van der Waals surface area contributed by atoms with E-state index in [-0.39, 0.29) is 16.8 Å². The quantitative estimate of drug-likeness (QED) is 0.527. The maximum absolute atomic E-state index is 13.4. The van der Waals surface area contributed by atoms with E-state index in [2.05, 4.69) is 0 Å². The number of carboxylic acids is 1. The summed E-state index contributed by atoms with van der Waals surface area (Å²) in [5.41, 5.74) is 3.88. The molecule has 1 atom stereocenters. The van der Waals surface area contributed by atoms with Gasteiger partial charge in [-0.05, 0) is 72.7 Å². The molecule has 4 rings (SSSR count). The number of amides is 1. The molecule has 0 saturated carbocycles. The van der Waals surface area contributed by atoms with Crippen molar-refractivity contribution in [1.29, 1.82) is 0 Å². The number of aliphatic hydroxyl groups is 1. The van der Waals surface area contributed by atoms with E-state index in [9.17, 15) is 24.6 Å². The number of anilines is 1. The number of hydrogen-bond acceptors (Lipinski definition) is 5. The van der Waals surface area contributed by atoms with Gasteiger partial charge >= 0.3 is 5.97 Å². The fourth-order valence-electron chi connectivity index (χ4n) is 4.00. The maximum atomic E-state index is 13.4. The van der Waals surface area contributed by atoms with E-state index in [1.165, 1.54) is 34.4 Å². The molecular weight excluding hydrogens is 426 g/mol. The normalized spacial score (nSPS) is 16.0. The van der Waals surface area contributed by atoms with E-state index in [0.717, 1.165) is 16.7 Å². The number of Topliss-reactive ketones (excluding diaryl/α,β-unsaturated/α-hetero) is 1. The molecule has 0 aliphatic carbocycles. The summed E-state index contributed by atoms with van der Waals surface area (Å²) in [5, 5.41) is 22.0. The molecule has 2 aromatic carbocycles. The van der Waals surface area contributed by atoms with Gasteiger partial charge in [-0.15, -0.1) is 11.3 Å². The number of thiophene rings is 1. The van der Waals surface area contributed by atoms with Crippen molar-refractivity contribution in [2.75, 3.05) is 4.90 Å². The van der Waals surface area contributed by atoms with Gasteiger partial charge in [-0.3, -0.25) is 14.5 Å². The van der Waals surface area contributed by atoms with Crippen LogP contribution in [0.15, 0.2) is 65.2 Å². The van der Waals surface area contributed by atoms with Crippen LogP contribution in [0.1, 0.15) is 48.3 Å². The zero-order valence-corrected chi connectivity index (χ0v) is 18.6. The summed E-state index contributed by atoms with van der Waals surface area (Å²) < 4.78 is 0. The van der Waals surface area contributed by atoms with Gasteiger partial charge in [0.25, 0.3) is 5.91 Å². The molecule has 32 heavy (non-hydrogen) atoms. The van der Waals surface area contributed by atoms with Crippen LogP contribution in [0, 0.1) is 20.8 Å². The number of nitrogens with zero attached hydrogens (tertiary/aromatic N) is 1. The first kappa shape index (κ1) is 21.5. The van der Waals surface area contributed by atoms with Crippen LogP contribution >= 0.6 is 11.3 Å². The number of rotatable bonds is 5. The standard InChI is InChI=1S/C25H21NO5S/c1-13-10-15(3)18(11-14(13)2)21-20(22(27)19-8-5-9-32-19)23(28)24(29)26(21)17-7-4-6-16(12-17)25(30)31/h4-12,21,28H,1-3H3,(H,30,31). The Balaban J connectivity index is 1.95. The average Bonchev–Trinajstić information content (AvgIpc) is 3.38. The lowest BCUT2D eigenvalue weighted by molar-refractivity contribution is -0.117. The van der Waals surface area contributed by atoms with Gasteiger partial charge in [0, 0.05) is 5.69 Å². The fraction of sp³-hybridized carbons (Fsp3) is 0.160. The number of carboxylic acid groups (broad SMARTS) is 1. The van der Waals surface area contributed by atoms with Crippen LogP contribution in [0.4, 0.5) is 5.69 Å². The number of aliphatic hydroxyl groups excluding tert-OH is 1. The lowest BCUT2D eigenvalue weighted by atomic mass is 9.89. The molecule has 2 heterocycles. The third-order valence-electron chi connectivity index (χ3n) is 5.75. The van der Waals surface area contributed by atoms with Gasteiger partial charge in [0.15, 0.2) is 5.76 Å². The van der Waals surface area contributed by atoms with Crippen molar-refractivity contribution >= 4 is 34.7 Å². The molecule has 0 fully saturated rings. The minimum absolute atomic E-state index is 0.00313. The Morgan fingerprint density at radius 3 is 2.34 bits per heavy atom. The zero-order chi connectivity index (χ0) is 23.2. The third-order valence-corrected chi connectivity index (χ3v) is 6.61. The van der Waals surface area contributed by atoms with Crippen LogP contribution in [0.5, 0.6) is 0 Å². The smallest absolute Gasteiger partial charge is 0.335 e. The molecule has 162 valence electrons. The number of carbonyl (C=O) groups is 3. The summed E-state index contributed by atoms with van der Waals surface area (Å²) in [4.78, 5) is 39.9. The third kappa shape index (κ3) is 3.50. The molecule has 0 bridgehead atoms. The summed E-state index contributed by atoms with van der Waals surface area (Å²) in [7, 11) is 0. The number of benzene rings is 2. The van der Waals surface area contributed by atoms with Gasteiger partial charge in [-0.2, -0.15) is 0 Å². The van der Waals surface area contributed by atoms with Crippen molar-refractivity contribution in [2.24, 2.45) is 0 Å². The maximum Gasteiger partial charge on any atom is 0.335 e. The Morgan fingerprint density at radius 1 is 0.969 bits per heavy atom. The lowest BCUT2D eigenvalue weighted by Crippen LogP contribution is -2.31. The predicted molar refractivity (Wildman–Crippen MR) is 123 cm³/mol. The molecule has 0 radical (unpaired) electrons. The highest BCUT2D eigenvalue weighted by atomic mass is 32.1. The number of aryl methyl sites for hydroxylation is 3. The van der Waals surface area contributed by atoms with Crippen LogP contribution in [0.25, 0.3) is 0 Å². The van der Waals surface area contributed by atoms with Gasteiger partial charge in [-0.1, -0.05) is 24.3 Å². The van der Waals surface area contributed by atoms with Crippen LogP contribution in [0.2, 0.25) is 0 Å². The van der Waals surface area contributed by atoms with E-state index in [0.29, 0.717) is 10.4 Å². The average molecular weight is 448 g/mol. The topological polar surface area (TPSA) is 94.9 Å². The van der Waals surface area contributed by atoms with Crippen molar-refractivity contribution < 1.29 is 24.6 Å². The Morgan fingerprint density at radius 2 is 1.69 bits per heavy atom. The molecule has 1 aliphatic rings. The van der Waals surface area contributed by atoms with E-state index >= 15 is 0 Å². The van der Waals surface area contributed by atoms with Crippen LogP contribution < -0.4 is 4.90 Å². The van der Waals surface area contributed by atoms with E-state index in [4.69, 9.17) is 0 Å². The SMILES string of the molecule is Cc1cc(C)c(C2C(C(=O)c3cccs3)=C(O)C(=O)N2c2cccc(C(=O)O)c2)cc1C. The monoisotopic (exact) mass is 447 g/mol. The highest BCUT2D eigenvalue weighted by Gasteiger charge is 2.45. The largest absolute Gasteiger partial charge is 0.503 e. The van der Waals surface area contributed by atoms with Crippen molar-refractivity contribution in [3.63, 3.8) is 0 Å². The van der Waals surface area contributed by atoms with Gasteiger partial charge in [-0.25, -0.2) is 4.79 Å². The summed E-state index contributed by atoms with van der Waals surface area (Å²) in [6.45, 7) is 5.81. The molecule has 7 heteroatoms. The summed E-state index contributed by atoms with van der Waals surface area (Å²) in [6.07, 6.45) is 0. The van der Waals surface area contributed by atoms with Gasteiger partial charge < -0.3 is 10.2 Å². The van der Waals surface area contributed by atoms with E-state index < -0.39 is 29.5 Å². The molecule has 2 N–H and O–H groups in total. The molecular formula is C25H21NO5S. The van der Waals surface area contributed by atoms with Gasteiger partial charge in [0.1, 0.15) is 0 Å². The second-order valence-corrected chi connectivity index (χ2v) is 8.74. The molecule has 0 spiro atoms. The highest BCUT2D eigenvalue weighted by molar-refractivity contribution is 7.12. The molecule has 0 saturated heterocycles. The van der Waals surface area contributed by atoms with Gasteiger partial charge in [0.2, 0.25) is 5.78 Å². The fourth-order valence-corrected chi connectivity index (χ4v) is 4.68. The number of hydrogen-bond donors (Lipinski definition) is 2. The molecule has 6 nitrogen and oxygen atoms in total. The Hall–Kier alpha value is -3.71. The van der Waals surface area contributed by atoms with Crippen LogP contribution in [-0.2, 0) is 4.79 Å². The minimum Gasteiger partial charge on any atom is -0.503 e. The van der Waals surface area contributed by atoms with Crippen molar-refractivity contribution in [1.82, 2.24) is 0 Å². The second kappa shape index (κ2) is 8.09. The number of aromatic carboxylic acids is 1. The van der Waals surface area contributed by atoms with E-state index in [1.54, 1.807) is 23.6 Å². The zero-order valence-electron chi connectivity index (χ0n) is 17.7. The molecule has 3 aromatic rings. The molecule has 1 aliphatic heterocycles. The first-order valence-electron chi connectivity index (χ1n) is 9.96.